The van der Waals surface area contributed by atoms with Crippen LogP contribution in [0.3, 0.4) is 0 Å². The van der Waals surface area contributed by atoms with Crippen LogP contribution in [0.15, 0.2) is 35.4 Å². The summed E-state index contributed by atoms with van der Waals surface area (Å²) in [7, 11) is 0. The SMILES string of the molecule is CCCCSc1ccc(Oc2ccc(Cl)c(Cl)c2)c(C#N)n1. The molecule has 0 N–H and O–H groups in total. The Morgan fingerprint density at radius 3 is 2.73 bits per heavy atom. The summed E-state index contributed by atoms with van der Waals surface area (Å²) < 4.78 is 5.68. The smallest absolute Gasteiger partial charge is 0.184 e. The fourth-order valence-corrected chi connectivity index (χ4v) is 2.91. The molecule has 0 aliphatic rings. The van der Waals surface area contributed by atoms with Gasteiger partial charge >= 0.3 is 0 Å². The zero-order chi connectivity index (χ0) is 15.9. The molecule has 0 saturated carbocycles. The van der Waals surface area contributed by atoms with Crippen LogP contribution in [0.1, 0.15) is 25.5 Å². The predicted molar refractivity (Wildman–Crippen MR) is 91.1 cm³/mol. The molecule has 114 valence electrons. The fraction of sp³-hybridized carbons (Fsp3) is 0.250. The third-order valence-corrected chi connectivity index (χ3v) is 4.56. The number of ether oxygens (including phenoxy) is 1. The molecule has 0 unspecified atom stereocenters. The van der Waals surface area contributed by atoms with Crippen LogP contribution in [0.4, 0.5) is 0 Å². The quantitative estimate of drug-likeness (QED) is 0.476. The molecule has 2 rings (SSSR count). The molecule has 0 radical (unpaired) electrons. The maximum Gasteiger partial charge on any atom is 0.184 e. The van der Waals surface area contributed by atoms with E-state index in [0.717, 1.165) is 23.6 Å². The molecule has 0 amide bonds. The summed E-state index contributed by atoms with van der Waals surface area (Å²) in [5.74, 6) is 1.90. The van der Waals surface area contributed by atoms with Gasteiger partial charge in [-0.3, -0.25) is 0 Å². The summed E-state index contributed by atoms with van der Waals surface area (Å²) in [5.41, 5.74) is 0.257. The topological polar surface area (TPSA) is 45.9 Å². The Morgan fingerprint density at radius 1 is 1.23 bits per heavy atom. The van der Waals surface area contributed by atoms with Crippen molar-refractivity contribution in [3.63, 3.8) is 0 Å². The van der Waals surface area contributed by atoms with Gasteiger partial charge < -0.3 is 4.74 Å². The van der Waals surface area contributed by atoms with E-state index in [1.807, 2.05) is 6.07 Å². The zero-order valence-corrected chi connectivity index (χ0v) is 14.3. The monoisotopic (exact) mass is 352 g/mol. The van der Waals surface area contributed by atoms with E-state index in [4.69, 9.17) is 27.9 Å². The minimum absolute atomic E-state index is 0.257. The number of halogens is 2. The molecule has 22 heavy (non-hydrogen) atoms. The van der Waals surface area contributed by atoms with Crippen LogP contribution in [-0.4, -0.2) is 10.7 Å². The minimum Gasteiger partial charge on any atom is -0.454 e. The average Bonchev–Trinajstić information content (AvgIpc) is 2.52. The maximum absolute atomic E-state index is 9.24. The molecule has 0 aliphatic carbocycles. The highest BCUT2D eigenvalue weighted by Crippen LogP contribution is 2.31. The number of hydrogen-bond donors (Lipinski definition) is 0. The number of thioether (sulfide) groups is 1. The number of unbranched alkanes of at least 4 members (excludes halogenated alkanes) is 1. The summed E-state index contributed by atoms with van der Waals surface area (Å²) in [4.78, 5) is 4.32. The molecule has 0 aliphatic heterocycles. The van der Waals surface area contributed by atoms with Gasteiger partial charge in [0.15, 0.2) is 11.4 Å². The normalized spacial score (nSPS) is 10.3. The fourth-order valence-electron chi connectivity index (χ4n) is 1.66. The molecule has 1 heterocycles. The van der Waals surface area contributed by atoms with Crippen LogP contribution in [0, 0.1) is 11.3 Å². The van der Waals surface area contributed by atoms with Crippen LogP contribution < -0.4 is 4.74 Å². The number of nitriles is 1. The molecule has 0 bridgehead atoms. The van der Waals surface area contributed by atoms with Crippen molar-refractivity contribution in [3.8, 4) is 17.6 Å². The van der Waals surface area contributed by atoms with E-state index in [1.54, 1.807) is 36.0 Å². The molecule has 6 heteroatoms. The second-order valence-electron chi connectivity index (χ2n) is 4.49. The van der Waals surface area contributed by atoms with E-state index in [1.165, 1.54) is 0 Å². The van der Waals surface area contributed by atoms with Crippen LogP contribution in [0.2, 0.25) is 10.0 Å². The minimum atomic E-state index is 0.257. The summed E-state index contributed by atoms with van der Waals surface area (Å²) in [6.07, 6.45) is 2.26. The van der Waals surface area contributed by atoms with Crippen LogP contribution in [0.5, 0.6) is 11.5 Å². The van der Waals surface area contributed by atoms with Crippen molar-refractivity contribution < 1.29 is 4.74 Å². The van der Waals surface area contributed by atoms with Gasteiger partial charge in [0.25, 0.3) is 0 Å². The highest BCUT2D eigenvalue weighted by Gasteiger charge is 2.09. The lowest BCUT2D eigenvalue weighted by atomic mass is 10.3. The van der Waals surface area contributed by atoms with Crippen LogP contribution in [-0.2, 0) is 0 Å². The van der Waals surface area contributed by atoms with Crippen LogP contribution in [0.25, 0.3) is 0 Å². The van der Waals surface area contributed by atoms with Crippen LogP contribution >= 0.6 is 35.0 Å². The molecule has 1 aromatic heterocycles. The van der Waals surface area contributed by atoms with Gasteiger partial charge in [-0.25, -0.2) is 4.98 Å². The molecule has 2 aromatic rings. The first-order valence-corrected chi connectivity index (χ1v) is 8.55. The number of nitrogens with zero attached hydrogens (tertiary/aromatic N) is 2. The number of hydrogen-bond acceptors (Lipinski definition) is 4. The van der Waals surface area contributed by atoms with E-state index in [0.29, 0.717) is 21.5 Å². The van der Waals surface area contributed by atoms with Crippen molar-refractivity contribution >= 4 is 35.0 Å². The van der Waals surface area contributed by atoms with E-state index in [9.17, 15) is 5.26 Å². The van der Waals surface area contributed by atoms with Gasteiger partial charge in [-0.05, 0) is 36.4 Å². The first-order chi connectivity index (χ1) is 10.6. The molecular formula is C16H14Cl2N2OS. The number of aromatic nitrogens is 1. The zero-order valence-electron chi connectivity index (χ0n) is 12.0. The molecule has 3 nitrogen and oxygen atoms in total. The lowest BCUT2D eigenvalue weighted by molar-refractivity contribution is 0.477. The third kappa shape index (κ3) is 4.54. The van der Waals surface area contributed by atoms with Gasteiger partial charge in [-0.15, -0.1) is 11.8 Å². The maximum atomic E-state index is 9.24. The van der Waals surface area contributed by atoms with Gasteiger partial charge in [0, 0.05) is 6.07 Å². The molecule has 1 aromatic carbocycles. The Morgan fingerprint density at radius 2 is 2.05 bits per heavy atom. The van der Waals surface area contributed by atoms with E-state index in [2.05, 4.69) is 18.0 Å². The lowest BCUT2D eigenvalue weighted by Crippen LogP contribution is -1.93. The third-order valence-electron chi connectivity index (χ3n) is 2.81. The largest absolute Gasteiger partial charge is 0.454 e. The van der Waals surface area contributed by atoms with Gasteiger partial charge in [0.2, 0.25) is 0 Å². The lowest BCUT2D eigenvalue weighted by Gasteiger charge is -2.09. The van der Waals surface area contributed by atoms with Gasteiger partial charge in [-0.2, -0.15) is 5.26 Å². The average molecular weight is 353 g/mol. The Kier molecular flexibility index (Phi) is 6.38. The molecule has 0 fully saturated rings. The Labute approximate surface area is 144 Å². The molecule has 0 saturated heterocycles. The first-order valence-electron chi connectivity index (χ1n) is 6.81. The van der Waals surface area contributed by atoms with Crippen molar-refractivity contribution in [2.24, 2.45) is 0 Å². The Balaban J connectivity index is 2.16. The van der Waals surface area contributed by atoms with E-state index < -0.39 is 0 Å². The summed E-state index contributed by atoms with van der Waals surface area (Å²) in [6, 6.07) is 10.6. The van der Waals surface area contributed by atoms with Crippen molar-refractivity contribution in [1.29, 1.82) is 5.26 Å². The molecular weight excluding hydrogens is 339 g/mol. The van der Waals surface area contributed by atoms with Crippen molar-refractivity contribution in [3.05, 3.63) is 46.1 Å². The first kappa shape index (κ1) is 17.0. The summed E-state index contributed by atoms with van der Waals surface area (Å²) >= 11 is 13.5. The Bertz CT molecular complexity index is 701. The van der Waals surface area contributed by atoms with Gasteiger partial charge in [0.1, 0.15) is 11.8 Å². The second-order valence-corrected chi connectivity index (χ2v) is 6.42. The summed E-state index contributed by atoms with van der Waals surface area (Å²) in [6.45, 7) is 2.14. The second kappa shape index (κ2) is 8.28. The number of rotatable bonds is 6. The van der Waals surface area contributed by atoms with Crippen molar-refractivity contribution in [2.45, 2.75) is 24.8 Å². The number of pyridine rings is 1. The highest BCUT2D eigenvalue weighted by atomic mass is 35.5. The van der Waals surface area contributed by atoms with Gasteiger partial charge in [0.05, 0.1) is 15.1 Å². The van der Waals surface area contributed by atoms with E-state index in [-0.39, 0.29) is 5.69 Å². The standard InChI is InChI=1S/C16H14Cl2N2OS/c1-2-3-8-22-16-7-6-15(14(10-19)20-16)21-11-4-5-12(17)13(18)9-11/h4-7,9H,2-3,8H2,1H3. The molecule has 0 atom stereocenters. The predicted octanol–water partition coefficient (Wildman–Crippen LogP) is 5.94. The number of benzene rings is 1. The highest BCUT2D eigenvalue weighted by molar-refractivity contribution is 7.99. The Hall–Kier alpha value is -1.41. The van der Waals surface area contributed by atoms with Crippen molar-refractivity contribution in [2.75, 3.05) is 5.75 Å². The van der Waals surface area contributed by atoms with E-state index >= 15 is 0 Å². The molecule has 0 spiro atoms. The van der Waals surface area contributed by atoms with Crippen molar-refractivity contribution in [1.82, 2.24) is 4.98 Å². The van der Waals surface area contributed by atoms with Gasteiger partial charge in [-0.1, -0.05) is 36.5 Å². The summed E-state index contributed by atoms with van der Waals surface area (Å²) in [5, 5.41) is 10.9.